The van der Waals surface area contributed by atoms with Crippen LogP contribution < -0.4 is 5.32 Å². The Bertz CT molecular complexity index is 657. The predicted octanol–water partition coefficient (Wildman–Crippen LogP) is 2.55. The maximum absolute atomic E-state index is 12.4. The van der Waals surface area contributed by atoms with Crippen LogP contribution in [0.25, 0.3) is 10.9 Å². The average Bonchev–Trinajstić information content (AvgIpc) is 2.51. The summed E-state index contributed by atoms with van der Waals surface area (Å²) in [5, 5.41) is 4.11. The van der Waals surface area contributed by atoms with Crippen molar-refractivity contribution < 1.29 is 4.79 Å². The first-order chi connectivity index (χ1) is 10.6. The molecule has 22 heavy (non-hydrogen) atoms. The molecule has 2 unspecified atom stereocenters. The van der Waals surface area contributed by atoms with Gasteiger partial charge in [-0.3, -0.25) is 4.79 Å². The van der Waals surface area contributed by atoms with Crippen molar-refractivity contribution in [2.24, 2.45) is 11.8 Å². The number of carbonyl (C=O) groups is 1. The molecule has 1 aromatic heterocycles. The Kier molecular flexibility index (Phi) is 4.22. The molecule has 0 bridgehead atoms. The van der Waals surface area contributed by atoms with Crippen LogP contribution in [0.15, 0.2) is 30.6 Å². The third-order valence-corrected chi connectivity index (χ3v) is 4.17. The summed E-state index contributed by atoms with van der Waals surface area (Å²) in [6.07, 6.45) is 2.73. The Balaban J connectivity index is 1.67. The van der Waals surface area contributed by atoms with E-state index >= 15 is 0 Å². The van der Waals surface area contributed by atoms with Crippen LogP contribution in [0.5, 0.6) is 0 Å². The fourth-order valence-corrected chi connectivity index (χ4v) is 3.28. The Hall–Kier alpha value is -2.17. The molecule has 5 heteroatoms. The molecule has 2 atom stereocenters. The Labute approximate surface area is 130 Å². The van der Waals surface area contributed by atoms with E-state index in [1.807, 2.05) is 29.2 Å². The lowest BCUT2D eigenvalue weighted by molar-refractivity contribution is -0.131. The number of nitrogens with zero attached hydrogens (tertiary/aromatic N) is 3. The first-order valence-corrected chi connectivity index (χ1v) is 7.85. The summed E-state index contributed by atoms with van der Waals surface area (Å²) in [6, 6.07) is 7.80. The minimum Gasteiger partial charge on any atom is -0.360 e. The topological polar surface area (TPSA) is 58.1 Å². The standard InChI is InChI=1S/C17H22N4O/c1-12-7-13(2)10-21(9-12)16(22)8-18-17-14-5-3-4-6-15(14)19-11-20-17/h3-6,11-13H,7-10H2,1-2H3,(H,18,19,20). The van der Waals surface area contributed by atoms with Crippen molar-refractivity contribution in [3.63, 3.8) is 0 Å². The van der Waals surface area contributed by atoms with Crippen molar-refractivity contribution in [3.8, 4) is 0 Å². The molecule has 1 fully saturated rings. The molecule has 1 amide bonds. The van der Waals surface area contributed by atoms with Crippen LogP contribution in [0.1, 0.15) is 20.3 Å². The van der Waals surface area contributed by atoms with Crippen LogP contribution in [-0.2, 0) is 4.79 Å². The van der Waals surface area contributed by atoms with Crippen molar-refractivity contribution in [1.82, 2.24) is 14.9 Å². The largest absolute Gasteiger partial charge is 0.360 e. The van der Waals surface area contributed by atoms with Crippen LogP contribution >= 0.6 is 0 Å². The van der Waals surface area contributed by atoms with E-state index in [0.29, 0.717) is 11.8 Å². The maximum atomic E-state index is 12.4. The molecule has 1 aromatic carbocycles. The second-order valence-electron chi connectivity index (χ2n) is 6.34. The molecule has 0 saturated carbocycles. The summed E-state index contributed by atoms with van der Waals surface area (Å²) in [4.78, 5) is 22.9. The van der Waals surface area contributed by atoms with Crippen molar-refractivity contribution in [3.05, 3.63) is 30.6 Å². The van der Waals surface area contributed by atoms with Gasteiger partial charge in [-0.1, -0.05) is 26.0 Å². The van der Waals surface area contributed by atoms with Gasteiger partial charge in [0.15, 0.2) is 0 Å². The van der Waals surface area contributed by atoms with Crippen LogP contribution in [0, 0.1) is 11.8 Å². The number of para-hydroxylation sites is 1. The maximum Gasteiger partial charge on any atom is 0.241 e. The van der Waals surface area contributed by atoms with Gasteiger partial charge in [0, 0.05) is 18.5 Å². The third kappa shape index (κ3) is 3.18. The number of hydrogen-bond donors (Lipinski definition) is 1. The van der Waals surface area contributed by atoms with Crippen LogP contribution in [0.4, 0.5) is 5.82 Å². The minimum atomic E-state index is 0.140. The van der Waals surface area contributed by atoms with Crippen molar-refractivity contribution in [2.75, 3.05) is 25.0 Å². The molecule has 5 nitrogen and oxygen atoms in total. The van der Waals surface area contributed by atoms with Gasteiger partial charge in [-0.25, -0.2) is 9.97 Å². The molecule has 2 heterocycles. The molecule has 3 rings (SSSR count). The summed E-state index contributed by atoms with van der Waals surface area (Å²) in [6.45, 7) is 6.41. The highest BCUT2D eigenvalue weighted by atomic mass is 16.2. The lowest BCUT2D eigenvalue weighted by atomic mass is 9.92. The first kappa shape index (κ1) is 14.8. The molecule has 1 N–H and O–H groups in total. The fraction of sp³-hybridized carbons (Fsp3) is 0.471. The van der Waals surface area contributed by atoms with Gasteiger partial charge in [0.25, 0.3) is 0 Å². The van der Waals surface area contributed by atoms with E-state index in [9.17, 15) is 4.79 Å². The number of amides is 1. The van der Waals surface area contributed by atoms with E-state index in [2.05, 4.69) is 29.1 Å². The number of hydrogen-bond acceptors (Lipinski definition) is 4. The van der Waals surface area contributed by atoms with E-state index < -0.39 is 0 Å². The van der Waals surface area contributed by atoms with Gasteiger partial charge in [-0.2, -0.15) is 0 Å². The molecule has 0 spiro atoms. The molecular formula is C17H22N4O. The smallest absolute Gasteiger partial charge is 0.241 e. The summed E-state index contributed by atoms with van der Waals surface area (Å²) in [5.74, 6) is 2.01. The second-order valence-corrected chi connectivity index (χ2v) is 6.34. The predicted molar refractivity (Wildman–Crippen MR) is 87.6 cm³/mol. The SMILES string of the molecule is CC1CC(C)CN(C(=O)CNc2ncnc3ccccc23)C1. The molecule has 1 aliphatic rings. The Morgan fingerprint density at radius 2 is 1.95 bits per heavy atom. The number of anilines is 1. The highest BCUT2D eigenvalue weighted by Crippen LogP contribution is 2.21. The molecular weight excluding hydrogens is 276 g/mol. The highest BCUT2D eigenvalue weighted by Gasteiger charge is 2.25. The van der Waals surface area contributed by atoms with Crippen molar-refractivity contribution >= 4 is 22.6 Å². The molecule has 1 saturated heterocycles. The number of aromatic nitrogens is 2. The number of carbonyl (C=O) groups excluding carboxylic acids is 1. The number of rotatable bonds is 3. The Morgan fingerprint density at radius 1 is 1.23 bits per heavy atom. The summed E-state index contributed by atoms with van der Waals surface area (Å²) < 4.78 is 0. The normalized spacial score (nSPS) is 21.8. The van der Waals surface area contributed by atoms with Crippen molar-refractivity contribution in [2.45, 2.75) is 20.3 Å². The molecule has 116 valence electrons. The Morgan fingerprint density at radius 3 is 2.73 bits per heavy atom. The summed E-state index contributed by atoms with van der Waals surface area (Å²) >= 11 is 0. The van der Waals surface area contributed by atoms with Crippen molar-refractivity contribution in [1.29, 1.82) is 0 Å². The van der Waals surface area contributed by atoms with Gasteiger partial charge in [-0.05, 0) is 30.4 Å². The van der Waals surface area contributed by atoms with Crippen LogP contribution in [0.2, 0.25) is 0 Å². The van der Waals surface area contributed by atoms with Gasteiger partial charge in [0.05, 0.1) is 12.1 Å². The van der Waals surface area contributed by atoms with E-state index in [1.165, 1.54) is 12.7 Å². The van der Waals surface area contributed by atoms with E-state index in [0.717, 1.165) is 29.8 Å². The van der Waals surface area contributed by atoms with Gasteiger partial charge >= 0.3 is 0 Å². The number of nitrogens with one attached hydrogen (secondary N) is 1. The van der Waals surface area contributed by atoms with Gasteiger partial charge < -0.3 is 10.2 Å². The number of fused-ring (bicyclic) bond motifs is 1. The van der Waals surface area contributed by atoms with E-state index in [-0.39, 0.29) is 12.5 Å². The monoisotopic (exact) mass is 298 g/mol. The quantitative estimate of drug-likeness (QED) is 0.946. The fourth-order valence-electron chi connectivity index (χ4n) is 3.28. The number of benzene rings is 1. The van der Waals surface area contributed by atoms with E-state index in [1.54, 1.807) is 0 Å². The zero-order chi connectivity index (χ0) is 15.5. The van der Waals surface area contributed by atoms with E-state index in [4.69, 9.17) is 0 Å². The summed E-state index contributed by atoms with van der Waals surface area (Å²) in [7, 11) is 0. The highest BCUT2D eigenvalue weighted by molar-refractivity contribution is 5.90. The second kappa shape index (κ2) is 6.30. The van der Waals surface area contributed by atoms with Crippen LogP contribution in [-0.4, -0.2) is 40.4 Å². The number of likely N-dealkylation sites (tertiary alicyclic amines) is 1. The third-order valence-electron chi connectivity index (χ3n) is 4.17. The zero-order valence-electron chi connectivity index (χ0n) is 13.1. The van der Waals surface area contributed by atoms with Crippen LogP contribution in [0.3, 0.4) is 0 Å². The van der Waals surface area contributed by atoms with Gasteiger partial charge in [0.2, 0.25) is 5.91 Å². The number of piperidine rings is 1. The molecule has 1 aliphatic heterocycles. The summed E-state index contributed by atoms with van der Waals surface area (Å²) in [5.41, 5.74) is 0.882. The minimum absolute atomic E-state index is 0.140. The molecule has 0 aliphatic carbocycles. The van der Waals surface area contributed by atoms with Gasteiger partial charge in [-0.15, -0.1) is 0 Å². The van der Waals surface area contributed by atoms with Gasteiger partial charge in [0.1, 0.15) is 12.1 Å². The average molecular weight is 298 g/mol. The zero-order valence-corrected chi connectivity index (χ0v) is 13.1. The molecule has 0 radical (unpaired) electrons. The first-order valence-electron chi connectivity index (χ1n) is 7.85. The lowest BCUT2D eigenvalue weighted by Crippen LogP contribution is -2.44. The lowest BCUT2D eigenvalue weighted by Gasteiger charge is -2.35. The molecule has 2 aromatic rings.